The number of carbonyl (C=O) groups is 1. The average molecular weight is 340 g/mol. The summed E-state index contributed by atoms with van der Waals surface area (Å²) in [7, 11) is 0. The van der Waals surface area contributed by atoms with E-state index in [1.54, 1.807) is 0 Å². The number of carbonyl (C=O) groups excluding carboxylic acids is 1. The topological polar surface area (TPSA) is 61.4 Å². The van der Waals surface area contributed by atoms with Crippen molar-refractivity contribution in [1.82, 2.24) is 20.2 Å². The van der Waals surface area contributed by atoms with Crippen LogP contribution in [0.2, 0.25) is 0 Å². The highest BCUT2D eigenvalue weighted by atomic mass is 79.9. The first-order valence-corrected chi connectivity index (χ1v) is 7.68. The quantitative estimate of drug-likeness (QED) is 0.831. The molecule has 108 valence electrons. The number of nitrogens with zero attached hydrogens (tertiary/aromatic N) is 4. The van der Waals surface area contributed by atoms with E-state index in [-0.39, 0.29) is 12.1 Å². The van der Waals surface area contributed by atoms with Gasteiger partial charge in [-0.2, -0.15) is 0 Å². The predicted octanol–water partition coefficient (Wildman–Crippen LogP) is 1.58. The smallest absolute Gasteiger partial charge is 0.317 e. The largest absolute Gasteiger partial charge is 0.353 e. The lowest BCUT2D eigenvalue weighted by atomic mass is 10.2. The maximum absolute atomic E-state index is 11.6. The summed E-state index contributed by atoms with van der Waals surface area (Å²) in [5, 5.41) is 2.89. The first kappa shape index (κ1) is 13.6. The summed E-state index contributed by atoms with van der Waals surface area (Å²) in [5.41, 5.74) is 0. The molecule has 0 radical (unpaired) electrons. The van der Waals surface area contributed by atoms with Crippen molar-refractivity contribution in [3.8, 4) is 0 Å². The van der Waals surface area contributed by atoms with Gasteiger partial charge < -0.3 is 15.1 Å². The van der Waals surface area contributed by atoms with Crippen LogP contribution in [0.5, 0.6) is 0 Å². The van der Waals surface area contributed by atoms with Gasteiger partial charge in [-0.25, -0.2) is 14.8 Å². The molecule has 1 N–H and O–H groups in total. The van der Waals surface area contributed by atoms with Crippen LogP contribution in [0.4, 0.5) is 10.6 Å². The lowest BCUT2D eigenvalue weighted by Crippen LogP contribution is -2.52. The second-order valence-corrected chi connectivity index (χ2v) is 6.35. The van der Waals surface area contributed by atoms with Crippen LogP contribution in [0, 0.1) is 0 Å². The second kappa shape index (κ2) is 5.20. The Morgan fingerprint density at radius 1 is 1.40 bits per heavy atom. The monoisotopic (exact) mass is 339 g/mol. The van der Waals surface area contributed by atoms with Crippen LogP contribution in [0.1, 0.15) is 25.6 Å². The Kier molecular flexibility index (Phi) is 3.54. The number of aromatic nitrogens is 2. The minimum absolute atomic E-state index is 0.0568. The van der Waals surface area contributed by atoms with E-state index in [0.717, 1.165) is 42.4 Å². The highest BCUT2D eigenvalue weighted by molar-refractivity contribution is 9.10. The van der Waals surface area contributed by atoms with E-state index in [2.05, 4.69) is 50.0 Å². The Morgan fingerprint density at radius 3 is 2.95 bits per heavy atom. The van der Waals surface area contributed by atoms with Crippen molar-refractivity contribution in [2.24, 2.45) is 0 Å². The molecule has 0 bridgehead atoms. The Balaban J connectivity index is 1.82. The number of hydrogen-bond donors (Lipinski definition) is 1. The van der Waals surface area contributed by atoms with E-state index in [4.69, 9.17) is 0 Å². The lowest BCUT2D eigenvalue weighted by molar-refractivity contribution is 0.197. The molecule has 2 saturated heterocycles. The number of fused-ring (bicyclic) bond motifs is 1. The van der Waals surface area contributed by atoms with Crippen molar-refractivity contribution in [1.29, 1.82) is 0 Å². The fourth-order valence-corrected chi connectivity index (χ4v) is 3.04. The van der Waals surface area contributed by atoms with Gasteiger partial charge in [-0.05, 0) is 15.9 Å². The predicted molar refractivity (Wildman–Crippen MR) is 79.9 cm³/mol. The van der Waals surface area contributed by atoms with Gasteiger partial charge in [0.05, 0.1) is 6.04 Å². The minimum Gasteiger partial charge on any atom is -0.353 e. The molecule has 2 amide bonds. The van der Waals surface area contributed by atoms with Crippen molar-refractivity contribution in [2.45, 2.75) is 25.8 Å². The zero-order valence-electron chi connectivity index (χ0n) is 11.6. The molecule has 3 heterocycles. The van der Waals surface area contributed by atoms with E-state index >= 15 is 0 Å². The first-order valence-electron chi connectivity index (χ1n) is 6.88. The van der Waals surface area contributed by atoms with Gasteiger partial charge in [0.25, 0.3) is 0 Å². The molecule has 0 aromatic carbocycles. The third kappa shape index (κ3) is 2.46. The normalized spacial score (nSPS) is 22.2. The van der Waals surface area contributed by atoms with Crippen LogP contribution < -0.4 is 10.2 Å². The summed E-state index contributed by atoms with van der Waals surface area (Å²) in [4.78, 5) is 24.8. The maximum Gasteiger partial charge on any atom is 0.317 e. The Labute approximate surface area is 126 Å². The highest BCUT2D eigenvalue weighted by Gasteiger charge is 2.35. The number of anilines is 1. The molecule has 1 aromatic rings. The molecule has 2 aliphatic heterocycles. The van der Waals surface area contributed by atoms with Gasteiger partial charge in [0.1, 0.15) is 16.2 Å². The van der Waals surface area contributed by atoms with Gasteiger partial charge in [-0.15, -0.1) is 0 Å². The molecule has 1 aromatic heterocycles. The molecule has 1 unspecified atom stereocenters. The van der Waals surface area contributed by atoms with Crippen molar-refractivity contribution in [3.63, 3.8) is 0 Å². The van der Waals surface area contributed by atoms with Crippen molar-refractivity contribution < 1.29 is 4.79 Å². The number of piperazine rings is 1. The maximum atomic E-state index is 11.6. The van der Waals surface area contributed by atoms with Gasteiger partial charge in [0, 0.05) is 38.2 Å². The summed E-state index contributed by atoms with van der Waals surface area (Å²) in [6.07, 6.45) is 0. The molecule has 0 aliphatic carbocycles. The van der Waals surface area contributed by atoms with Crippen LogP contribution in [0.3, 0.4) is 0 Å². The first-order chi connectivity index (χ1) is 9.54. The fourth-order valence-electron chi connectivity index (χ4n) is 2.66. The number of rotatable bonds is 2. The highest BCUT2D eigenvalue weighted by Crippen LogP contribution is 2.23. The van der Waals surface area contributed by atoms with Crippen LogP contribution in [-0.4, -0.2) is 53.1 Å². The van der Waals surface area contributed by atoms with Gasteiger partial charge in [0.2, 0.25) is 0 Å². The average Bonchev–Trinajstić information content (AvgIpc) is 2.79. The zero-order valence-corrected chi connectivity index (χ0v) is 13.2. The van der Waals surface area contributed by atoms with Crippen LogP contribution >= 0.6 is 15.9 Å². The van der Waals surface area contributed by atoms with Crippen molar-refractivity contribution in [3.05, 3.63) is 16.5 Å². The Hall–Kier alpha value is -1.37. The SMILES string of the molecule is CC(C)c1nc(Br)cc(N2CCN3C(=O)NCC3C2)n1. The molecule has 2 fully saturated rings. The molecule has 2 aliphatic rings. The summed E-state index contributed by atoms with van der Waals surface area (Å²) in [6.45, 7) is 7.27. The summed E-state index contributed by atoms with van der Waals surface area (Å²) < 4.78 is 0.814. The second-order valence-electron chi connectivity index (χ2n) is 5.54. The van der Waals surface area contributed by atoms with E-state index in [0.29, 0.717) is 5.92 Å². The lowest BCUT2D eigenvalue weighted by Gasteiger charge is -2.37. The van der Waals surface area contributed by atoms with Crippen molar-refractivity contribution >= 4 is 27.8 Å². The number of amides is 2. The minimum atomic E-state index is 0.0568. The standard InChI is InChI=1S/C13H18BrN5O/c1-8(2)12-16-10(14)5-11(17-12)18-3-4-19-9(7-18)6-15-13(19)20/h5,8-9H,3-4,6-7H2,1-2H3,(H,15,20). The number of urea groups is 1. The molecule has 7 heteroatoms. The molecule has 0 saturated carbocycles. The third-order valence-electron chi connectivity index (χ3n) is 3.77. The molecule has 0 spiro atoms. The molecule has 1 atom stereocenters. The molecule has 6 nitrogen and oxygen atoms in total. The summed E-state index contributed by atoms with van der Waals surface area (Å²) >= 11 is 3.46. The Bertz CT molecular complexity index is 535. The van der Waals surface area contributed by atoms with Gasteiger partial charge in [0.15, 0.2) is 0 Å². The molecular weight excluding hydrogens is 322 g/mol. The van der Waals surface area contributed by atoms with E-state index < -0.39 is 0 Å². The van der Waals surface area contributed by atoms with Crippen LogP contribution in [0.25, 0.3) is 0 Å². The number of nitrogens with one attached hydrogen (secondary N) is 1. The summed E-state index contributed by atoms with van der Waals surface area (Å²) in [6, 6.07) is 2.25. The van der Waals surface area contributed by atoms with Crippen LogP contribution in [0.15, 0.2) is 10.7 Å². The number of halogens is 1. The molecule has 20 heavy (non-hydrogen) atoms. The van der Waals surface area contributed by atoms with E-state index in [1.807, 2.05) is 11.0 Å². The third-order valence-corrected chi connectivity index (χ3v) is 4.18. The van der Waals surface area contributed by atoms with Crippen LogP contribution in [-0.2, 0) is 0 Å². The van der Waals surface area contributed by atoms with Crippen molar-refractivity contribution in [2.75, 3.05) is 31.1 Å². The van der Waals surface area contributed by atoms with Gasteiger partial charge in [-0.3, -0.25) is 0 Å². The van der Waals surface area contributed by atoms with E-state index in [1.165, 1.54) is 0 Å². The molecular formula is C13H18BrN5O. The van der Waals surface area contributed by atoms with Gasteiger partial charge >= 0.3 is 6.03 Å². The zero-order chi connectivity index (χ0) is 14.3. The van der Waals surface area contributed by atoms with Gasteiger partial charge in [-0.1, -0.05) is 13.8 Å². The Morgan fingerprint density at radius 2 is 2.20 bits per heavy atom. The summed E-state index contributed by atoms with van der Waals surface area (Å²) in [5.74, 6) is 2.08. The molecule has 3 rings (SSSR count). The number of hydrogen-bond acceptors (Lipinski definition) is 4. The fraction of sp³-hybridized carbons (Fsp3) is 0.615. The van der Waals surface area contributed by atoms with E-state index in [9.17, 15) is 4.79 Å².